The zero-order valence-corrected chi connectivity index (χ0v) is 6.91. The first-order valence-electron chi connectivity index (χ1n) is 3.65. The first-order valence-corrected chi connectivity index (χ1v) is 3.65. The largest absolute Gasteiger partial charge is 0.296 e. The highest BCUT2D eigenvalue weighted by Crippen LogP contribution is 2.04. The van der Waals surface area contributed by atoms with Crippen molar-refractivity contribution in [1.82, 2.24) is 0 Å². The fourth-order valence-corrected chi connectivity index (χ4v) is 0.978. The van der Waals surface area contributed by atoms with Gasteiger partial charge in [-0.05, 0) is 13.0 Å². The lowest BCUT2D eigenvalue weighted by Gasteiger charge is -1.99. The first-order chi connectivity index (χ1) is 5.74. The molecule has 0 unspecified atom stereocenters. The Morgan fingerprint density at radius 3 is 2.92 bits per heavy atom. The van der Waals surface area contributed by atoms with Crippen molar-refractivity contribution in [3.8, 4) is 0 Å². The third-order valence-electron chi connectivity index (χ3n) is 1.55. The van der Waals surface area contributed by atoms with Crippen LogP contribution < -0.4 is 5.90 Å². The van der Waals surface area contributed by atoms with E-state index in [9.17, 15) is 4.79 Å². The van der Waals surface area contributed by atoms with Crippen molar-refractivity contribution in [3.63, 3.8) is 0 Å². The minimum atomic E-state index is -0.0961. The molecule has 0 fully saturated rings. The fourth-order valence-electron chi connectivity index (χ4n) is 0.978. The molecule has 0 aliphatic heterocycles. The fraction of sp³-hybridized carbons (Fsp3) is 0.222. The third-order valence-corrected chi connectivity index (χ3v) is 1.55. The van der Waals surface area contributed by atoms with E-state index in [0.717, 1.165) is 5.56 Å². The molecule has 0 saturated heterocycles. The monoisotopic (exact) mass is 165 g/mol. The summed E-state index contributed by atoms with van der Waals surface area (Å²) < 4.78 is 0. The average Bonchev–Trinajstić information content (AvgIpc) is 2.05. The summed E-state index contributed by atoms with van der Waals surface area (Å²) >= 11 is 0. The smallest absolute Gasteiger partial charge is 0.190 e. The second-order valence-electron chi connectivity index (χ2n) is 2.60. The van der Waals surface area contributed by atoms with Gasteiger partial charge in [0.25, 0.3) is 0 Å². The Kier molecular flexibility index (Phi) is 2.96. The number of hydrogen-bond acceptors (Lipinski definition) is 3. The van der Waals surface area contributed by atoms with E-state index in [4.69, 9.17) is 5.90 Å². The van der Waals surface area contributed by atoms with Crippen LogP contribution in [0, 0.1) is 6.92 Å². The van der Waals surface area contributed by atoms with E-state index in [1.807, 2.05) is 19.1 Å². The molecule has 0 amide bonds. The quantitative estimate of drug-likeness (QED) is 0.538. The van der Waals surface area contributed by atoms with E-state index in [0.29, 0.717) is 5.56 Å². The predicted molar refractivity (Wildman–Crippen MR) is 45.6 cm³/mol. The number of nitrogens with two attached hydrogens (primary N) is 1. The number of hydrogen-bond donors (Lipinski definition) is 1. The van der Waals surface area contributed by atoms with Crippen LogP contribution in [0.15, 0.2) is 24.3 Å². The Balaban J connectivity index is 2.81. The second-order valence-corrected chi connectivity index (χ2v) is 2.60. The lowest BCUT2D eigenvalue weighted by Crippen LogP contribution is -2.12. The normalized spacial score (nSPS) is 9.83. The van der Waals surface area contributed by atoms with Gasteiger partial charge in [0, 0.05) is 5.56 Å². The van der Waals surface area contributed by atoms with Gasteiger partial charge in [0.2, 0.25) is 0 Å². The van der Waals surface area contributed by atoms with Crippen molar-refractivity contribution in [3.05, 3.63) is 35.4 Å². The van der Waals surface area contributed by atoms with Gasteiger partial charge < -0.3 is 0 Å². The Labute approximate surface area is 71.1 Å². The maximum absolute atomic E-state index is 11.2. The van der Waals surface area contributed by atoms with Gasteiger partial charge in [0.15, 0.2) is 5.78 Å². The molecular formula is C9H11NO2. The van der Waals surface area contributed by atoms with Crippen molar-refractivity contribution >= 4 is 5.78 Å². The van der Waals surface area contributed by atoms with Crippen molar-refractivity contribution in [2.75, 3.05) is 6.61 Å². The van der Waals surface area contributed by atoms with Crippen LogP contribution in [0.4, 0.5) is 0 Å². The van der Waals surface area contributed by atoms with E-state index < -0.39 is 0 Å². The molecule has 0 bridgehead atoms. The van der Waals surface area contributed by atoms with Gasteiger partial charge in [0.1, 0.15) is 6.61 Å². The van der Waals surface area contributed by atoms with Crippen LogP contribution in [0.2, 0.25) is 0 Å². The zero-order chi connectivity index (χ0) is 8.97. The number of carbonyl (C=O) groups excluding carboxylic acids is 1. The Bertz CT molecular complexity index is 284. The van der Waals surface area contributed by atoms with Crippen LogP contribution in [0.1, 0.15) is 15.9 Å². The van der Waals surface area contributed by atoms with Crippen molar-refractivity contribution < 1.29 is 9.63 Å². The number of Topliss-reactive ketones (excluding diaryl/α,β-unsaturated/α-hetero) is 1. The van der Waals surface area contributed by atoms with E-state index in [1.54, 1.807) is 12.1 Å². The Morgan fingerprint density at radius 2 is 2.33 bits per heavy atom. The summed E-state index contributed by atoms with van der Waals surface area (Å²) in [5.41, 5.74) is 1.69. The standard InChI is InChI=1S/C9H11NO2/c1-7-3-2-4-8(5-7)9(11)6-12-10/h2-5H,6,10H2,1H3. The summed E-state index contributed by atoms with van der Waals surface area (Å²) in [7, 11) is 0. The molecule has 0 aromatic heterocycles. The van der Waals surface area contributed by atoms with E-state index in [1.165, 1.54) is 0 Å². The van der Waals surface area contributed by atoms with Gasteiger partial charge >= 0.3 is 0 Å². The number of ketones is 1. The summed E-state index contributed by atoms with van der Waals surface area (Å²) in [6.45, 7) is 1.86. The van der Waals surface area contributed by atoms with Crippen LogP contribution in [-0.4, -0.2) is 12.4 Å². The third kappa shape index (κ3) is 2.15. The molecule has 12 heavy (non-hydrogen) atoms. The Hall–Kier alpha value is -1.19. The number of rotatable bonds is 3. The highest BCUT2D eigenvalue weighted by molar-refractivity contribution is 5.97. The lowest BCUT2D eigenvalue weighted by atomic mass is 10.1. The molecule has 3 heteroatoms. The van der Waals surface area contributed by atoms with Crippen LogP contribution >= 0.6 is 0 Å². The maximum Gasteiger partial charge on any atom is 0.190 e. The highest BCUT2D eigenvalue weighted by Gasteiger charge is 2.03. The number of aryl methyl sites for hydroxylation is 1. The average molecular weight is 165 g/mol. The van der Waals surface area contributed by atoms with Crippen LogP contribution in [-0.2, 0) is 4.84 Å². The van der Waals surface area contributed by atoms with E-state index in [2.05, 4.69) is 4.84 Å². The minimum Gasteiger partial charge on any atom is -0.296 e. The summed E-state index contributed by atoms with van der Waals surface area (Å²) in [6, 6.07) is 7.31. The number of carbonyl (C=O) groups is 1. The maximum atomic E-state index is 11.2. The molecule has 0 aliphatic carbocycles. The summed E-state index contributed by atoms with van der Waals surface area (Å²) in [5, 5.41) is 0. The van der Waals surface area contributed by atoms with Gasteiger partial charge in [-0.25, -0.2) is 5.90 Å². The molecule has 0 heterocycles. The molecule has 1 aromatic carbocycles. The SMILES string of the molecule is Cc1cccc(C(=O)CON)c1. The molecule has 64 valence electrons. The highest BCUT2D eigenvalue weighted by atomic mass is 16.6. The van der Waals surface area contributed by atoms with Crippen LogP contribution in [0.5, 0.6) is 0 Å². The minimum absolute atomic E-state index is 0.0660. The van der Waals surface area contributed by atoms with Crippen molar-refractivity contribution in [1.29, 1.82) is 0 Å². The Morgan fingerprint density at radius 1 is 1.58 bits per heavy atom. The number of benzene rings is 1. The second kappa shape index (κ2) is 3.99. The van der Waals surface area contributed by atoms with Gasteiger partial charge in [-0.1, -0.05) is 23.8 Å². The van der Waals surface area contributed by atoms with Crippen LogP contribution in [0.3, 0.4) is 0 Å². The lowest BCUT2D eigenvalue weighted by molar-refractivity contribution is 0.0763. The molecule has 1 aromatic rings. The molecule has 0 spiro atoms. The van der Waals surface area contributed by atoms with Gasteiger partial charge in [0.05, 0.1) is 0 Å². The molecule has 0 saturated carbocycles. The summed E-state index contributed by atoms with van der Waals surface area (Å²) in [5.74, 6) is 4.69. The van der Waals surface area contributed by atoms with E-state index >= 15 is 0 Å². The van der Waals surface area contributed by atoms with Gasteiger partial charge in [-0.2, -0.15) is 0 Å². The summed E-state index contributed by atoms with van der Waals surface area (Å²) in [4.78, 5) is 15.4. The molecule has 0 atom stereocenters. The molecule has 0 aliphatic rings. The molecule has 2 N–H and O–H groups in total. The van der Waals surface area contributed by atoms with Crippen molar-refractivity contribution in [2.24, 2.45) is 5.90 Å². The topological polar surface area (TPSA) is 52.3 Å². The molecule has 0 radical (unpaired) electrons. The van der Waals surface area contributed by atoms with Crippen LogP contribution in [0.25, 0.3) is 0 Å². The zero-order valence-electron chi connectivity index (χ0n) is 6.91. The van der Waals surface area contributed by atoms with Gasteiger partial charge in [-0.15, -0.1) is 0 Å². The van der Waals surface area contributed by atoms with E-state index in [-0.39, 0.29) is 12.4 Å². The predicted octanol–water partition coefficient (Wildman–Crippen LogP) is 1.07. The molecule has 3 nitrogen and oxygen atoms in total. The molecule has 1 rings (SSSR count). The molecular weight excluding hydrogens is 154 g/mol. The summed E-state index contributed by atoms with van der Waals surface area (Å²) in [6.07, 6.45) is 0. The van der Waals surface area contributed by atoms with Gasteiger partial charge in [-0.3, -0.25) is 9.63 Å². The van der Waals surface area contributed by atoms with Crippen molar-refractivity contribution in [2.45, 2.75) is 6.92 Å². The first kappa shape index (κ1) is 8.90.